The Labute approximate surface area is 83.0 Å². The maximum atomic E-state index is 12.6. The van der Waals surface area contributed by atoms with Crippen LogP contribution in [0.15, 0.2) is 30.6 Å². The number of hydrogen-bond acceptors (Lipinski definition) is 2. The number of H-pyrrole nitrogens is 1. The fourth-order valence-electron chi connectivity index (χ4n) is 1.24. The molecule has 1 N–H and O–H groups in total. The Hall–Kier alpha value is -1.85. The van der Waals surface area contributed by atoms with Crippen LogP contribution in [0.5, 0.6) is 0 Å². The standard InChI is InChI=1S/C9H6F3N3/c10-9(11,12)6-2-1-4-13-8(6)7-3-5-14-15-7/h1-5H,(H,14,15). The number of nitrogens with one attached hydrogen (secondary N) is 1. The first-order valence-electron chi connectivity index (χ1n) is 4.11. The molecule has 0 aliphatic rings. The summed E-state index contributed by atoms with van der Waals surface area (Å²) in [7, 11) is 0. The molecule has 0 amide bonds. The van der Waals surface area contributed by atoms with Crippen LogP contribution in [0.3, 0.4) is 0 Å². The summed E-state index contributed by atoms with van der Waals surface area (Å²) in [6.07, 6.45) is -1.72. The molecular weight excluding hydrogens is 207 g/mol. The van der Waals surface area contributed by atoms with E-state index in [2.05, 4.69) is 15.2 Å². The lowest BCUT2D eigenvalue weighted by Gasteiger charge is -2.09. The molecule has 2 aromatic rings. The molecule has 0 fully saturated rings. The number of halogens is 3. The molecular formula is C9H6F3N3. The maximum Gasteiger partial charge on any atom is 0.418 e. The number of alkyl halides is 3. The summed E-state index contributed by atoms with van der Waals surface area (Å²) in [5.41, 5.74) is -0.653. The molecule has 0 bridgehead atoms. The van der Waals surface area contributed by atoms with Crippen molar-refractivity contribution in [3.63, 3.8) is 0 Å². The Kier molecular flexibility index (Phi) is 2.18. The number of nitrogens with zero attached hydrogens (tertiary/aromatic N) is 2. The zero-order chi connectivity index (χ0) is 10.9. The Morgan fingerprint density at radius 3 is 2.53 bits per heavy atom. The highest BCUT2D eigenvalue weighted by Crippen LogP contribution is 2.34. The van der Waals surface area contributed by atoms with Gasteiger partial charge in [0.1, 0.15) is 5.69 Å². The zero-order valence-corrected chi connectivity index (χ0v) is 7.42. The van der Waals surface area contributed by atoms with Crippen molar-refractivity contribution in [2.45, 2.75) is 6.18 Å². The first kappa shape index (κ1) is 9.70. The Morgan fingerprint density at radius 2 is 1.93 bits per heavy atom. The topological polar surface area (TPSA) is 41.6 Å². The smallest absolute Gasteiger partial charge is 0.276 e. The van der Waals surface area contributed by atoms with Gasteiger partial charge in [0.15, 0.2) is 0 Å². The third kappa shape index (κ3) is 1.83. The summed E-state index contributed by atoms with van der Waals surface area (Å²) in [6, 6.07) is 3.68. The molecule has 2 rings (SSSR count). The second-order valence-electron chi connectivity index (χ2n) is 2.87. The van der Waals surface area contributed by atoms with Gasteiger partial charge in [-0.2, -0.15) is 18.3 Å². The third-order valence-electron chi connectivity index (χ3n) is 1.87. The van der Waals surface area contributed by atoms with Gasteiger partial charge >= 0.3 is 6.18 Å². The van der Waals surface area contributed by atoms with Gasteiger partial charge in [-0.15, -0.1) is 0 Å². The van der Waals surface area contributed by atoms with Gasteiger partial charge in [0.2, 0.25) is 0 Å². The molecule has 78 valence electrons. The van der Waals surface area contributed by atoms with Crippen LogP contribution in [0.25, 0.3) is 11.4 Å². The van der Waals surface area contributed by atoms with E-state index in [1.807, 2.05) is 0 Å². The van der Waals surface area contributed by atoms with E-state index in [-0.39, 0.29) is 11.4 Å². The van der Waals surface area contributed by atoms with E-state index in [1.54, 1.807) is 0 Å². The molecule has 0 aliphatic heterocycles. The monoisotopic (exact) mass is 213 g/mol. The van der Waals surface area contributed by atoms with Gasteiger partial charge in [-0.3, -0.25) is 10.1 Å². The van der Waals surface area contributed by atoms with Crippen molar-refractivity contribution in [3.05, 3.63) is 36.2 Å². The van der Waals surface area contributed by atoms with Crippen LogP contribution >= 0.6 is 0 Å². The summed E-state index contributed by atoms with van der Waals surface area (Å²) in [5, 5.41) is 6.04. The number of aromatic amines is 1. The molecule has 3 nitrogen and oxygen atoms in total. The normalized spacial score (nSPS) is 11.7. The molecule has 0 atom stereocenters. The zero-order valence-electron chi connectivity index (χ0n) is 7.42. The summed E-state index contributed by atoms with van der Waals surface area (Å²) in [6.45, 7) is 0. The van der Waals surface area contributed by atoms with E-state index in [4.69, 9.17) is 0 Å². The van der Waals surface area contributed by atoms with E-state index >= 15 is 0 Å². The summed E-state index contributed by atoms with van der Waals surface area (Å²) < 4.78 is 37.7. The molecule has 0 unspecified atom stereocenters. The Balaban J connectivity index is 2.58. The van der Waals surface area contributed by atoms with E-state index in [0.29, 0.717) is 0 Å². The van der Waals surface area contributed by atoms with Gasteiger partial charge in [0, 0.05) is 12.4 Å². The molecule has 2 heterocycles. The molecule has 15 heavy (non-hydrogen) atoms. The van der Waals surface area contributed by atoms with Gasteiger partial charge in [-0.1, -0.05) is 0 Å². The quantitative estimate of drug-likeness (QED) is 0.790. The average Bonchev–Trinajstić information content (AvgIpc) is 2.69. The minimum absolute atomic E-state index is 0.137. The van der Waals surface area contributed by atoms with E-state index in [0.717, 1.165) is 6.07 Å². The van der Waals surface area contributed by atoms with Crippen molar-refractivity contribution < 1.29 is 13.2 Å². The van der Waals surface area contributed by atoms with Gasteiger partial charge < -0.3 is 0 Å². The van der Waals surface area contributed by atoms with Crippen LogP contribution in [0.2, 0.25) is 0 Å². The SMILES string of the molecule is FC(F)(F)c1cccnc1-c1ccn[nH]1. The first-order chi connectivity index (χ1) is 7.09. The minimum Gasteiger partial charge on any atom is -0.276 e. The Morgan fingerprint density at radius 1 is 1.13 bits per heavy atom. The molecule has 0 saturated carbocycles. The largest absolute Gasteiger partial charge is 0.418 e. The number of hydrogen-bond donors (Lipinski definition) is 1. The van der Waals surface area contributed by atoms with Crippen molar-refractivity contribution in [2.75, 3.05) is 0 Å². The lowest BCUT2D eigenvalue weighted by molar-refractivity contribution is -0.137. The molecule has 2 aromatic heterocycles. The second-order valence-corrected chi connectivity index (χ2v) is 2.87. The van der Waals surface area contributed by atoms with E-state index < -0.39 is 11.7 Å². The highest BCUT2D eigenvalue weighted by atomic mass is 19.4. The third-order valence-corrected chi connectivity index (χ3v) is 1.87. The molecule has 0 aliphatic carbocycles. The number of rotatable bonds is 1. The van der Waals surface area contributed by atoms with Crippen molar-refractivity contribution in [3.8, 4) is 11.4 Å². The van der Waals surface area contributed by atoms with Crippen LogP contribution in [0.4, 0.5) is 13.2 Å². The van der Waals surface area contributed by atoms with Crippen molar-refractivity contribution >= 4 is 0 Å². The van der Waals surface area contributed by atoms with E-state index in [9.17, 15) is 13.2 Å². The van der Waals surface area contributed by atoms with E-state index in [1.165, 1.54) is 24.5 Å². The lowest BCUT2D eigenvalue weighted by atomic mass is 10.1. The molecule has 0 radical (unpaired) electrons. The number of pyridine rings is 1. The van der Waals surface area contributed by atoms with Gasteiger partial charge in [-0.25, -0.2) is 0 Å². The number of aromatic nitrogens is 3. The lowest BCUT2D eigenvalue weighted by Crippen LogP contribution is -2.08. The predicted molar refractivity (Wildman–Crippen MR) is 46.8 cm³/mol. The van der Waals surface area contributed by atoms with Crippen molar-refractivity contribution in [1.29, 1.82) is 0 Å². The minimum atomic E-state index is -4.41. The fraction of sp³-hybridized carbons (Fsp3) is 0.111. The molecule has 6 heteroatoms. The van der Waals surface area contributed by atoms with Crippen LogP contribution in [-0.2, 0) is 6.18 Å². The highest BCUT2D eigenvalue weighted by molar-refractivity contribution is 5.58. The average molecular weight is 213 g/mol. The Bertz CT molecular complexity index is 448. The van der Waals surface area contributed by atoms with Gasteiger partial charge in [0.25, 0.3) is 0 Å². The van der Waals surface area contributed by atoms with Crippen LogP contribution in [0.1, 0.15) is 5.56 Å². The van der Waals surface area contributed by atoms with Crippen LogP contribution in [-0.4, -0.2) is 15.2 Å². The van der Waals surface area contributed by atoms with Crippen molar-refractivity contribution in [1.82, 2.24) is 15.2 Å². The van der Waals surface area contributed by atoms with Crippen LogP contribution in [0, 0.1) is 0 Å². The molecule has 0 aromatic carbocycles. The summed E-state index contributed by atoms with van der Waals surface area (Å²) in [4.78, 5) is 3.70. The molecule has 0 saturated heterocycles. The predicted octanol–water partition coefficient (Wildman–Crippen LogP) is 2.49. The van der Waals surface area contributed by atoms with Crippen molar-refractivity contribution in [2.24, 2.45) is 0 Å². The maximum absolute atomic E-state index is 12.6. The van der Waals surface area contributed by atoms with Crippen LogP contribution < -0.4 is 0 Å². The fourth-order valence-corrected chi connectivity index (χ4v) is 1.24. The highest BCUT2D eigenvalue weighted by Gasteiger charge is 2.34. The second kappa shape index (κ2) is 3.38. The van der Waals surface area contributed by atoms with Gasteiger partial charge in [-0.05, 0) is 18.2 Å². The summed E-state index contributed by atoms with van der Waals surface area (Å²) >= 11 is 0. The first-order valence-corrected chi connectivity index (χ1v) is 4.11. The molecule has 0 spiro atoms. The van der Waals surface area contributed by atoms with Gasteiger partial charge in [0.05, 0.1) is 11.3 Å². The summed E-state index contributed by atoms with van der Waals surface area (Å²) in [5.74, 6) is 0.